The van der Waals surface area contributed by atoms with E-state index in [-0.39, 0.29) is 5.56 Å². The zero-order chi connectivity index (χ0) is 12.4. The first-order valence-corrected chi connectivity index (χ1v) is 6.86. The Kier molecular flexibility index (Phi) is 3.48. The number of ether oxygens (including phenoxy) is 1. The van der Waals surface area contributed by atoms with E-state index >= 15 is 0 Å². The fourth-order valence-electron chi connectivity index (χ4n) is 2.99. The van der Waals surface area contributed by atoms with Crippen molar-refractivity contribution in [2.75, 3.05) is 13.2 Å². The molecule has 2 aliphatic rings. The van der Waals surface area contributed by atoms with E-state index in [0.717, 1.165) is 51.0 Å². The minimum atomic E-state index is 0.0181. The van der Waals surface area contributed by atoms with Crippen LogP contribution in [0.15, 0.2) is 16.9 Å². The van der Waals surface area contributed by atoms with Gasteiger partial charge in [0.05, 0.1) is 0 Å². The Morgan fingerprint density at radius 1 is 1.17 bits per heavy atom. The van der Waals surface area contributed by atoms with Gasteiger partial charge in [-0.1, -0.05) is 6.07 Å². The zero-order valence-corrected chi connectivity index (χ0v) is 10.6. The molecule has 0 bridgehead atoms. The van der Waals surface area contributed by atoms with Crippen LogP contribution < -0.4 is 10.9 Å². The number of aromatic amines is 1. The first-order valence-electron chi connectivity index (χ1n) is 6.86. The maximum atomic E-state index is 11.3. The molecule has 2 N–H and O–H groups in total. The van der Waals surface area contributed by atoms with Crippen LogP contribution in [0.3, 0.4) is 0 Å². The highest BCUT2D eigenvalue weighted by molar-refractivity contribution is 5.24. The third-order valence-corrected chi connectivity index (χ3v) is 4.00. The number of rotatable bonds is 2. The van der Waals surface area contributed by atoms with Crippen LogP contribution in [-0.4, -0.2) is 30.3 Å². The Balaban J connectivity index is 1.63. The number of aryl methyl sites for hydroxylation is 1. The van der Waals surface area contributed by atoms with Gasteiger partial charge in [-0.3, -0.25) is 4.79 Å². The molecular weight excluding hydrogens is 228 g/mol. The summed E-state index contributed by atoms with van der Waals surface area (Å²) in [6.07, 6.45) is 5.37. The minimum Gasteiger partial charge on any atom is -0.381 e. The molecule has 0 unspecified atom stereocenters. The largest absolute Gasteiger partial charge is 0.381 e. The van der Waals surface area contributed by atoms with Crippen LogP contribution in [0.4, 0.5) is 0 Å². The summed E-state index contributed by atoms with van der Waals surface area (Å²) < 4.78 is 5.38. The third-order valence-electron chi connectivity index (χ3n) is 4.00. The average Bonchev–Trinajstić information content (AvgIpc) is 2.40. The highest BCUT2D eigenvalue weighted by Gasteiger charge is 2.22. The summed E-state index contributed by atoms with van der Waals surface area (Å²) in [5.74, 6) is 0. The summed E-state index contributed by atoms with van der Waals surface area (Å²) in [5.41, 5.74) is 2.45. The van der Waals surface area contributed by atoms with Crippen molar-refractivity contribution < 1.29 is 4.74 Å². The molecule has 0 amide bonds. The van der Waals surface area contributed by atoms with E-state index in [1.165, 1.54) is 5.56 Å². The quantitative estimate of drug-likeness (QED) is 0.821. The second-order valence-electron chi connectivity index (χ2n) is 5.32. The van der Waals surface area contributed by atoms with E-state index in [0.29, 0.717) is 12.1 Å². The third kappa shape index (κ3) is 2.65. The van der Waals surface area contributed by atoms with Gasteiger partial charge in [-0.25, -0.2) is 0 Å². The molecule has 2 heterocycles. The standard InChI is InChI=1S/C14H20N2O2/c17-14-4-1-10-9-12(2-3-13(10)16-14)15-11-5-7-18-8-6-11/h1,4,11-12,15H,2-3,5-9H2,(H,16,17)/t12-/m1/s1. The second kappa shape index (κ2) is 5.24. The number of pyridine rings is 1. The fourth-order valence-corrected chi connectivity index (χ4v) is 2.99. The molecule has 0 aromatic carbocycles. The maximum Gasteiger partial charge on any atom is 0.248 e. The molecule has 98 valence electrons. The summed E-state index contributed by atoms with van der Waals surface area (Å²) >= 11 is 0. The van der Waals surface area contributed by atoms with Crippen molar-refractivity contribution in [1.82, 2.24) is 10.3 Å². The zero-order valence-electron chi connectivity index (χ0n) is 10.6. The summed E-state index contributed by atoms with van der Waals surface area (Å²) in [7, 11) is 0. The fraction of sp³-hybridized carbons (Fsp3) is 0.643. The second-order valence-corrected chi connectivity index (χ2v) is 5.32. The van der Waals surface area contributed by atoms with Crippen molar-refractivity contribution in [2.45, 2.75) is 44.2 Å². The number of hydrogen-bond donors (Lipinski definition) is 2. The van der Waals surface area contributed by atoms with Crippen molar-refractivity contribution in [3.05, 3.63) is 33.7 Å². The number of H-pyrrole nitrogens is 1. The van der Waals surface area contributed by atoms with Gasteiger partial charge in [-0.05, 0) is 37.7 Å². The Bertz CT molecular complexity index is 463. The summed E-state index contributed by atoms with van der Waals surface area (Å²) in [6, 6.07) is 4.77. The number of nitrogens with one attached hydrogen (secondary N) is 2. The van der Waals surface area contributed by atoms with Crippen LogP contribution in [0.5, 0.6) is 0 Å². The normalized spacial score (nSPS) is 24.8. The van der Waals surface area contributed by atoms with Crippen molar-refractivity contribution in [3.8, 4) is 0 Å². The highest BCUT2D eigenvalue weighted by Crippen LogP contribution is 2.19. The van der Waals surface area contributed by atoms with Crippen molar-refractivity contribution in [1.29, 1.82) is 0 Å². The number of hydrogen-bond acceptors (Lipinski definition) is 3. The van der Waals surface area contributed by atoms with E-state index in [9.17, 15) is 4.79 Å². The molecule has 1 saturated heterocycles. The first kappa shape index (κ1) is 11.9. The number of aromatic nitrogens is 1. The molecule has 4 nitrogen and oxygen atoms in total. The summed E-state index contributed by atoms with van der Waals surface area (Å²) in [6.45, 7) is 1.77. The van der Waals surface area contributed by atoms with Gasteiger partial charge in [-0.15, -0.1) is 0 Å². The van der Waals surface area contributed by atoms with Crippen LogP contribution in [-0.2, 0) is 17.6 Å². The SMILES string of the molecule is O=c1ccc2c([nH]1)CC[C@@H](NC1CCOCC1)C2. The van der Waals surface area contributed by atoms with Crippen LogP contribution in [0.2, 0.25) is 0 Å². The molecule has 1 aromatic heterocycles. The van der Waals surface area contributed by atoms with Crippen LogP contribution in [0.25, 0.3) is 0 Å². The Labute approximate surface area is 107 Å². The molecule has 1 aromatic rings. The molecule has 1 aliphatic carbocycles. The first-order chi connectivity index (χ1) is 8.81. The summed E-state index contributed by atoms with van der Waals surface area (Å²) in [5, 5.41) is 3.74. The van der Waals surface area contributed by atoms with Crippen molar-refractivity contribution >= 4 is 0 Å². The van der Waals surface area contributed by atoms with Gasteiger partial charge in [0.25, 0.3) is 0 Å². The molecule has 18 heavy (non-hydrogen) atoms. The molecule has 3 rings (SSSR count). The van der Waals surface area contributed by atoms with Gasteiger partial charge in [-0.2, -0.15) is 0 Å². The Morgan fingerprint density at radius 2 is 2.00 bits per heavy atom. The average molecular weight is 248 g/mol. The van der Waals surface area contributed by atoms with Crippen molar-refractivity contribution in [2.24, 2.45) is 0 Å². The van der Waals surface area contributed by atoms with E-state index in [1.54, 1.807) is 6.07 Å². The van der Waals surface area contributed by atoms with Gasteiger partial charge in [0.15, 0.2) is 0 Å². The lowest BCUT2D eigenvalue weighted by atomic mass is 9.91. The molecule has 1 atom stereocenters. The van der Waals surface area contributed by atoms with Crippen LogP contribution in [0, 0.1) is 0 Å². The van der Waals surface area contributed by atoms with E-state index in [2.05, 4.69) is 10.3 Å². The molecule has 1 aliphatic heterocycles. The van der Waals surface area contributed by atoms with E-state index in [1.807, 2.05) is 6.07 Å². The lowest BCUT2D eigenvalue weighted by Crippen LogP contribution is -2.44. The Hall–Kier alpha value is -1.13. The van der Waals surface area contributed by atoms with Gasteiger partial charge >= 0.3 is 0 Å². The lowest BCUT2D eigenvalue weighted by Gasteiger charge is -2.31. The molecule has 4 heteroatoms. The Morgan fingerprint density at radius 3 is 2.83 bits per heavy atom. The predicted octanol–water partition coefficient (Wildman–Crippen LogP) is 1.00. The topological polar surface area (TPSA) is 54.1 Å². The smallest absolute Gasteiger partial charge is 0.248 e. The van der Waals surface area contributed by atoms with Gasteiger partial charge in [0.2, 0.25) is 5.56 Å². The molecular formula is C14H20N2O2. The van der Waals surface area contributed by atoms with Gasteiger partial charge in [0.1, 0.15) is 0 Å². The monoisotopic (exact) mass is 248 g/mol. The maximum absolute atomic E-state index is 11.3. The van der Waals surface area contributed by atoms with Gasteiger partial charge < -0.3 is 15.0 Å². The minimum absolute atomic E-state index is 0.0181. The number of fused-ring (bicyclic) bond motifs is 1. The molecule has 0 spiro atoms. The van der Waals surface area contributed by atoms with E-state index in [4.69, 9.17) is 4.74 Å². The van der Waals surface area contributed by atoms with Crippen molar-refractivity contribution in [3.63, 3.8) is 0 Å². The van der Waals surface area contributed by atoms with Crippen LogP contribution >= 0.6 is 0 Å². The van der Waals surface area contributed by atoms with E-state index < -0.39 is 0 Å². The molecule has 0 radical (unpaired) electrons. The van der Waals surface area contributed by atoms with Gasteiger partial charge in [0, 0.05) is 37.1 Å². The molecule has 0 saturated carbocycles. The predicted molar refractivity (Wildman–Crippen MR) is 69.9 cm³/mol. The summed E-state index contributed by atoms with van der Waals surface area (Å²) in [4.78, 5) is 14.2. The highest BCUT2D eigenvalue weighted by atomic mass is 16.5. The lowest BCUT2D eigenvalue weighted by molar-refractivity contribution is 0.0742. The molecule has 1 fully saturated rings. The van der Waals surface area contributed by atoms with Crippen LogP contribution in [0.1, 0.15) is 30.5 Å².